The molecule has 0 aromatic heterocycles. The van der Waals surface area contributed by atoms with Crippen LogP contribution in [0.2, 0.25) is 0 Å². The van der Waals surface area contributed by atoms with Gasteiger partial charge < -0.3 is 10.6 Å². The van der Waals surface area contributed by atoms with Crippen LogP contribution in [-0.2, 0) is 6.18 Å². The highest BCUT2D eigenvalue weighted by Gasteiger charge is 2.32. The van der Waals surface area contributed by atoms with Crippen molar-refractivity contribution >= 4 is 22.9 Å². The zero-order valence-corrected chi connectivity index (χ0v) is 12.0. The van der Waals surface area contributed by atoms with Crippen molar-refractivity contribution in [1.29, 1.82) is 0 Å². The lowest BCUT2D eigenvalue weighted by molar-refractivity contribution is -0.137. The highest BCUT2D eigenvalue weighted by molar-refractivity contribution is 7.80. The predicted molar refractivity (Wildman–Crippen MR) is 77.9 cm³/mol. The third kappa shape index (κ3) is 3.06. The summed E-state index contributed by atoms with van der Waals surface area (Å²) in [6, 6.07) is 3.63. The van der Waals surface area contributed by atoms with Crippen molar-refractivity contribution in [1.82, 2.24) is 0 Å². The molecule has 1 fully saturated rings. The van der Waals surface area contributed by atoms with Gasteiger partial charge in [0.1, 0.15) is 4.99 Å². The molecule has 1 saturated heterocycles. The minimum Gasteiger partial charge on any atom is -0.389 e. The number of benzene rings is 1. The van der Waals surface area contributed by atoms with Crippen LogP contribution in [0.3, 0.4) is 0 Å². The highest BCUT2D eigenvalue weighted by Crippen LogP contribution is 2.34. The number of hydrogen-bond acceptors (Lipinski definition) is 2. The van der Waals surface area contributed by atoms with Crippen LogP contribution in [0, 0.1) is 5.92 Å². The monoisotopic (exact) mass is 302 g/mol. The van der Waals surface area contributed by atoms with Crippen molar-refractivity contribution in [2.75, 3.05) is 18.0 Å². The van der Waals surface area contributed by atoms with E-state index >= 15 is 0 Å². The van der Waals surface area contributed by atoms with E-state index in [0.29, 0.717) is 17.2 Å². The molecule has 2 N–H and O–H groups in total. The van der Waals surface area contributed by atoms with Crippen molar-refractivity contribution in [2.45, 2.75) is 25.9 Å². The molecule has 1 atom stereocenters. The fraction of sp³-hybridized carbons (Fsp3) is 0.500. The van der Waals surface area contributed by atoms with Crippen LogP contribution in [0.25, 0.3) is 0 Å². The Kier molecular flexibility index (Phi) is 4.22. The van der Waals surface area contributed by atoms with Crippen molar-refractivity contribution in [3.05, 3.63) is 29.3 Å². The van der Waals surface area contributed by atoms with E-state index in [1.807, 2.05) is 0 Å². The van der Waals surface area contributed by atoms with Gasteiger partial charge in [-0.25, -0.2) is 0 Å². The van der Waals surface area contributed by atoms with E-state index in [-0.39, 0.29) is 4.99 Å². The zero-order chi connectivity index (χ0) is 14.9. The normalized spacial score (nSPS) is 19.4. The first-order valence-corrected chi connectivity index (χ1v) is 6.99. The van der Waals surface area contributed by atoms with E-state index in [9.17, 15) is 13.2 Å². The van der Waals surface area contributed by atoms with Crippen molar-refractivity contribution < 1.29 is 13.2 Å². The summed E-state index contributed by atoms with van der Waals surface area (Å²) >= 11 is 4.91. The molecule has 1 aliphatic rings. The molecule has 2 nitrogen and oxygen atoms in total. The molecule has 0 radical (unpaired) electrons. The lowest BCUT2D eigenvalue weighted by Gasteiger charge is -2.22. The molecule has 6 heteroatoms. The average Bonchev–Trinajstić information content (AvgIpc) is 2.85. The molecule has 1 aromatic carbocycles. The number of halogens is 3. The number of alkyl halides is 3. The molecule has 0 aliphatic carbocycles. The first-order valence-electron chi connectivity index (χ1n) is 6.59. The number of thiocarbonyl (C=S) groups is 1. The van der Waals surface area contributed by atoms with Gasteiger partial charge in [-0.3, -0.25) is 0 Å². The Morgan fingerprint density at radius 3 is 2.65 bits per heavy atom. The van der Waals surface area contributed by atoms with E-state index in [0.717, 1.165) is 38.1 Å². The number of anilines is 1. The molecule has 1 heterocycles. The standard InChI is InChI=1S/C14H17F3N2S/c1-2-9-5-6-19(8-9)12-4-3-10(14(15,16)17)7-11(12)13(18)20/h3-4,7,9H,2,5-6,8H2,1H3,(H2,18,20). The summed E-state index contributed by atoms with van der Waals surface area (Å²) in [6.07, 6.45) is -2.26. The van der Waals surface area contributed by atoms with E-state index in [2.05, 4.69) is 11.8 Å². The molecule has 110 valence electrons. The van der Waals surface area contributed by atoms with E-state index in [4.69, 9.17) is 18.0 Å². The van der Waals surface area contributed by atoms with Gasteiger partial charge in [-0.15, -0.1) is 0 Å². The summed E-state index contributed by atoms with van der Waals surface area (Å²) < 4.78 is 38.3. The maximum Gasteiger partial charge on any atom is 0.416 e. The lowest BCUT2D eigenvalue weighted by Crippen LogP contribution is -2.24. The summed E-state index contributed by atoms with van der Waals surface area (Å²) in [5.74, 6) is 0.580. The van der Waals surface area contributed by atoms with Crippen LogP contribution in [0.1, 0.15) is 30.9 Å². The smallest absolute Gasteiger partial charge is 0.389 e. The number of rotatable bonds is 3. The Hall–Kier alpha value is -1.30. The van der Waals surface area contributed by atoms with E-state index in [1.165, 1.54) is 6.07 Å². The first kappa shape index (κ1) is 15.1. The predicted octanol–water partition coefficient (Wildman–Crippen LogP) is 3.58. The van der Waals surface area contributed by atoms with Gasteiger partial charge in [-0.05, 0) is 30.5 Å². The first-order chi connectivity index (χ1) is 9.32. The quantitative estimate of drug-likeness (QED) is 0.865. The number of hydrogen-bond donors (Lipinski definition) is 1. The SMILES string of the molecule is CCC1CCN(c2ccc(C(F)(F)F)cc2C(N)=S)C1. The van der Waals surface area contributed by atoms with Gasteiger partial charge in [0.05, 0.1) is 5.56 Å². The molecular weight excluding hydrogens is 285 g/mol. The van der Waals surface area contributed by atoms with Crippen LogP contribution in [0.5, 0.6) is 0 Å². The lowest BCUT2D eigenvalue weighted by atomic mass is 10.1. The highest BCUT2D eigenvalue weighted by atomic mass is 32.1. The summed E-state index contributed by atoms with van der Waals surface area (Å²) in [5.41, 5.74) is 5.91. The molecular formula is C14H17F3N2S. The zero-order valence-electron chi connectivity index (χ0n) is 11.2. The van der Waals surface area contributed by atoms with E-state index in [1.54, 1.807) is 0 Å². The molecule has 0 amide bonds. The van der Waals surface area contributed by atoms with Gasteiger partial charge in [0, 0.05) is 24.3 Å². The Bertz CT molecular complexity index is 514. The summed E-state index contributed by atoms with van der Waals surface area (Å²) in [6.45, 7) is 3.80. The fourth-order valence-corrected chi connectivity index (χ4v) is 2.73. The second-order valence-electron chi connectivity index (χ2n) is 5.10. The molecule has 1 unspecified atom stereocenters. The van der Waals surface area contributed by atoms with E-state index < -0.39 is 11.7 Å². The molecule has 0 bridgehead atoms. The van der Waals surface area contributed by atoms with Gasteiger partial charge in [0.15, 0.2) is 0 Å². The largest absolute Gasteiger partial charge is 0.416 e. The van der Waals surface area contributed by atoms with Gasteiger partial charge in [0.2, 0.25) is 0 Å². The maximum atomic E-state index is 12.8. The summed E-state index contributed by atoms with van der Waals surface area (Å²) in [7, 11) is 0. The van der Waals surface area contributed by atoms with Crippen molar-refractivity contribution in [2.24, 2.45) is 11.7 Å². The van der Waals surface area contributed by atoms with Crippen molar-refractivity contribution in [3.8, 4) is 0 Å². The number of nitrogens with two attached hydrogens (primary N) is 1. The second-order valence-corrected chi connectivity index (χ2v) is 5.54. The third-order valence-corrected chi connectivity index (χ3v) is 4.01. The molecule has 20 heavy (non-hydrogen) atoms. The van der Waals surface area contributed by atoms with Crippen LogP contribution in [0.4, 0.5) is 18.9 Å². The van der Waals surface area contributed by atoms with Gasteiger partial charge >= 0.3 is 6.18 Å². The fourth-order valence-electron chi connectivity index (χ4n) is 2.57. The van der Waals surface area contributed by atoms with Gasteiger partial charge in [-0.2, -0.15) is 13.2 Å². The van der Waals surface area contributed by atoms with Crippen LogP contribution in [-0.4, -0.2) is 18.1 Å². The van der Waals surface area contributed by atoms with Crippen LogP contribution >= 0.6 is 12.2 Å². The topological polar surface area (TPSA) is 29.3 Å². The van der Waals surface area contributed by atoms with Crippen molar-refractivity contribution in [3.63, 3.8) is 0 Å². The Balaban J connectivity index is 2.36. The van der Waals surface area contributed by atoms with Gasteiger partial charge in [0.25, 0.3) is 0 Å². The Morgan fingerprint density at radius 2 is 2.15 bits per heavy atom. The second kappa shape index (κ2) is 5.60. The molecule has 1 aromatic rings. The third-order valence-electron chi connectivity index (χ3n) is 3.79. The molecule has 0 spiro atoms. The van der Waals surface area contributed by atoms with Crippen LogP contribution < -0.4 is 10.6 Å². The Morgan fingerprint density at radius 1 is 1.45 bits per heavy atom. The molecule has 1 aliphatic heterocycles. The number of nitrogens with zero attached hydrogens (tertiary/aromatic N) is 1. The molecule has 0 saturated carbocycles. The summed E-state index contributed by atoms with van der Waals surface area (Å²) in [5, 5.41) is 0. The summed E-state index contributed by atoms with van der Waals surface area (Å²) in [4.78, 5) is 2.08. The van der Waals surface area contributed by atoms with Gasteiger partial charge in [-0.1, -0.05) is 25.6 Å². The maximum absolute atomic E-state index is 12.8. The Labute approximate surface area is 121 Å². The minimum atomic E-state index is -4.38. The minimum absolute atomic E-state index is 0.00560. The van der Waals surface area contributed by atoms with Crippen LogP contribution in [0.15, 0.2) is 18.2 Å². The molecule has 2 rings (SSSR count). The average molecular weight is 302 g/mol.